The number of hydrogen-bond acceptors (Lipinski definition) is 5. The number of rotatable bonds is 4. The fraction of sp³-hybridized carbons (Fsp3) is 0.118. The van der Waals surface area contributed by atoms with Gasteiger partial charge in [-0.3, -0.25) is 9.59 Å². The normalized spacial score (nSPS) is 13.0. The van der Waals surface area contributed by atoms with Gasteiger partial charge in [-0.1, -0.05) is 0 Å². The van der Waals surface area contributed by atoms with E-state index in [9.17, 15) is 14.4 Å². The van der Waals surface area contributed by atoms with E-state index in [2.05, 4.69) is 0 Å². The van der Waals surface area contributed by atoms with Crippen LogP contribution in [0.1, 0.15) is 31.1 Å². The van der Waals surface area contributed by atoms with E-state index in [1.807, 2.05) is 0 Å². The molecule has 0 radical (unpaired) electrons. The lowest BCUT2D eigenvalue weighted by Crippen LogP contribution is -2.29. The molecule has 1 N–H and O–H groups in total. The summed E-state index contributed by atoms with van der Waals surface area (Å²) in [5, 5.41) is 9.04. The molecule has 0 fully saturated rings. The first-order chi connectivity index (χ1) is 11.5. The number of methoxy groups -OCH3 is 2. The van der Waals surface area contributed by atoms with Crippen LogP contribution >= 0.6 is 0 Å². The van der Waals surface area contributed by atoms with Crippen LogP contribution in [0.5, 0.6) is 11.5 Å². The minimum Gasteiger partial charge on any atom is -0.493 e. The SMILES string of the molecule is COc1ccc(N2C(=O)c3ccc(C(=O)O)cc3C2=O)cc1OC. The largest absolute Gasteiger partial charge is 0.493 e. The predicted octanol–water partition coefficient (Wildman–Crippen LogP) is 2.20. The molecule has 3 rings (SSSR count). The second-order valence-electron chi connectivity index (χ2n) is 5.05. The van der Waals surface area contributed by atoms with Gasteiger partial charge in [0.2, 0.25) is 0 Å². The van der Waals surface area contributed by atoms with Crippen molar-refractivity contribution in [2.75, 3.05) is 19.1 Å². The zero-order valence-corrected chi connectivity index (χ0v) is 12.9. The highest BCUT2D eigenvalue weighted by molar-refractivity contribution is 6.34. The van der Waals surface area contributed by atoms with Gasteiger partial charge in [0, 0.05) is 6.07 Å². The summed E-state index contributed by atoms with van der Waals surface area (Å²) in [6.45, 7) is 0. The summed E-state index contributed by atoms with van der Waals surface area (Å²) in [6.07, 6.45) is 0. The Hall–Kier alpha value is -3.35. The molecule has 2 amide bonds. The molecule has 122 valence electrons. The first kappa shape index (κ1) is 15.5. The maximum Gasteiger partial charge on any atom is 0.335 e. The minimum absolute atomic E-state index is 0.0518. The molecule has 2 aromatic rings. The predicted molar refractivity (Wildman–Crippen MR) is 84.1 cm³/mol. The van der Waals surface area contributed by atoms with Crippen LogP contribution < -0.4 is 14.4 Å². The fourth-order valence-electron chi connectivity index (χ4n) is 2.57. The molecule has 0 unspecified atom stereocenters. The van der Waals surface area contributed by atoms with Gasteiger partial charge in [0.05, 0.1) is 36.6 Å². The van der Waals surface area contributed by atoms with Crippen LogP contribution in [0.4, 0.5) is 5.69 Å². The summed E-state index contributed by atoms with van der Waals surface area (Å²) in [7, 11) is 2.93. The number of carbonyl (C=O) groups is 3. The maximum absolute atomic E-state index is 12.6. The van der Waals surface area contributed by atoms with Gasteiger partial charge in [0.1, 0.15) is 0 Å². The molecule has 2 aromatic carbocycles. The lowest BCUT2D eigenvalue weighted by Gasteiger charge is -2.16. The van der Waals surface area contributed by atoms with Crippen LogP contribution in [0, 0.1) is 0 Å². The molecular weight excluding hydrogens is 314 g/mol. The van der Waals surface area contributed by atoms with Gasteiger partial charge >= 0.3 is 5.97 Å². The van der Waals surface area contributed by atoms with E-state index >= 15 is 0 Å². The molecular formula is C17H13NO6. The summed E-state index contributed by atoms with van der Waals surface area (Å²) in [6, 6.07) is 8.50. The van der Waals surface area contributed by atoms with E-state index < -0.39 is 17.8 Å². The number of nitrogens with zero attached hydrogens (tertiary/aromatic N) is 1. The smallest absolute Gasteiger partial charge is 0.335 e. The highest BCUT2D eigenvalue weighted by Crippen LogP contribution is 2.35. The summed E-state index contributed by atoms with van der Waals surface area (Å²) < 4.78 is 10.3. The van der Waals surface area contributed by atoms with E-state index in [0.717, 1.165) is 4.90 Å². The molecule has 1 heterocycles. The molecule has 0 spiro atoms. The Labute approximate surface area is 137 Å². The number of carboxylic acids is 1. The van der Waals surface area contributed by atoms with Gasteiger partial charge in [0.15, 0.2) is 11.5 Å². The molecule has 0 atom stereocenters. The van der Waals surface area contributed by atoms with Gasteiger partial charge in [-0.05, 0) is 30.3 Å². The van der Waals surface area contributed by atoms with Crippen LogP contribution in [0.25, 0.3) is 0 Å². The van der Waals surface area contributed by atoms with Crippen molar-refractivity contribution < 1.29 is 29.0 Å². The van der Waals surface area contributed by atoms with Gasteiger partial charge < -0.3 is 14.6 Å². The van der Waals surface area contributed by atoms with Crippen LogP contribution in [-0.2, 0) is 0 Å². The van der Waals surface area contributed by atoms with Crippen molar-refractivity contribution in [2.24, 2.45) is 0 Å². The van der Waals surface area contributed by atoms with Crippen molar-refractivity contribution in [1.82, 2.24) is 0 Å². The minimum atomic E-state index is -1.16. The second-order valence-corrected chi connectivity index (χ2v) is 5.05. The lowest BCUT2D eigenvalue weighted by molar-refractivity contribution is 0.0696. The number of benzene rings is 2. The van der Waals surface area contributed by atoms with Gasteiger partial charge in [0.25, 0.3) is 11.8 Å². The number of fused-ring (bicyclic) bond motifs is 1. The van der Waals surface area contributed by atoms with Gasteiger partial charge in [-0.2, -0.15) is 0 Å². The van der Waals surface area contributed by atoms with Gasteiger partial charge in [-0.25, -0.2) is 9.69 Å². The molecule has 0 saturated heterocycles. The Morgan fingerprint density at radius 1 is 0.917 bits per heavy atom. The molecule has 1 aliphatic rings. The van der Waals surface area contributed by atoms with Crippen molar-refractivity contribution >= 4 is 23.5 Å². The van der Waals surface area contributed by atoms with Crippen molar-refractivity contribution in [3.8, 4) is 11.5 Å². The summed E-state index contributed by atoms with van der Waals surface area (Å²) >= 11 is 0. The molecule has 24 heavy (non-hydrogen) atoms. The van der Waals surface area contributed by atoms with Gasteiger partial charge in [-0.15, -0.1) is 0 Å². The third-order valence-corrected chi connectivity index (χ3v) is 3.76. The van der Waals surface area contributed by atoms with Crippen LogP contribution in [0.3, 0.4) is 0 Å². The summed E-state index contributed by atoms with van der Waals surface area (Å²) in [5.41, 5.74) is 0.495. The van der Waals surface area contributed by atoms with E-state index in [4.69, 9.17) is 14.6 Å². The Kier molecular flexibility index (Phi) is 3.69. The average molecular weight is 327 g/mol. The molecule has 7 nitrogen and oxygen atoms in total. The molecule has 0 saturated carbocycles. The van der Waals surface area contributed by atoms with Crippen LogP contribution in [-0.4, -0.2) is 37.1 Å². The maximum atomic E-state index is 12.6. The average Bonchev–Trinajstić information content (AvgIpc) is 2.84. The Bertz CT molecular complexity index is 873. The molecule has 7 heteroatoms. The number of amides is 2. The van der Waals surface area contributed by atoms with E-state index in [1.54, 1.807) is 12.1 Å². The van der Waals surface area contributed by atoms with Crippen molar-refractivity contribution in [3.05, 3.63) is 53.1 Å². The first-order valence-corrected chi connectivity index (χ1v) is 6.96. The van der Waals surface area contributed by atoms with Crippen LogP contribution in [0.15, 0.2) is 36.4 Å². The van der Waals surface area contributed by atoms with Crippen molar-refractivity contribution in [1.29, 1.82) is 0 Å². The van der Waals surface area contributed by atoms with Crippen LogP contribution in [0.2, 0.25) is 0 Å². The first-order valence-electron chi connectivity index (χ1n) is 6.96. The third kappa shape index (κ3) is 2.26. The standard InChI is InChI=1S/C17H13NO6/c1-23-13-6-4-10(8-14(13)24-2)18-15(19)11-5-3-9(17(21)22)7-12(11)16(18)20/h3-8H,1-2H3,(H,21,22). The zero-order chi connectivity index (χ0) is 17.4. The Morgan fingerprint density at radius 3 is 2.21 bits per heavy atom. The topological polar surface area (TPSA) is 93.1 Å². The number of ether oxygens (including phenoxy) is 2. The van der Waals surface area contributed by atoms with E-state index in [0.29, 0.717) is 17.2 Å². The number of imide groups is 1. The summed E-state index contributed by atoms with van der Waals surface area (Å²) in [5.74, 6) is -1.42. The Balaban J connectivity index is 2.06. The zero-order valence-electron chi connectivity index (χ0n) is 12.9. The highest BCUT2D eigenvalue weighted by atomic mass is 16.5. The molecule has 0 bridgehead atoms. The quantitative estimate of drug-likeness (QED) is 0.865. The number of anilines is 1. The van der Waals surface area contributed by atoms with Crippen molar-refractivity contribution in [3.63, 3.8) is 0 Å². The summed E-state index contributed by atoms with van der Waals surface area (Å²) in [4.78, 5) is 37.1. The monoisotopic (exact) mass is 327 g/mol. The number of carboxylic acid groups (broad SMARTS) is 1. The fourth-order valence-corrected chi connectivity index (χ4v) is 2.57. The third-order valence-electron chi connectivity index (χ3n) is 3.76. The molecule has 0 aromatic heterocycles. The van der Waals surface area contributed by atoms with Crippen molar-refractivity contribution in [2.45, 2.75) is 0 Å². The molecule has 1 aliphatic heterocycles. The van der Waals surface area contributed by atoms with E-state index in [1.165, 1.54) is 38.5 Å². The number of hydrogen-bond donors (Lipinski definition) is 1. The number of aromatic carboxylic acids is 1. The van der Waals surface area contributed by atoms with E-state index in [-0.39, 0.29) is 16.7 Å². The number of carbonyl (C=O) groups excluding carboxylic acids is 2. The highest BCUT2D eigenvalue weighted by Gasteiger charge is 2.37. The second kappa shape index (κ2) is 5.69. The lowest BCUT2D eigenvalue weighted by atomic mass is 10.1. The Morgan fingerprint density at radius 2 is 1.58 bits per heavy atom. The molecule has 0 aliphatic carbocycles.